The summed E-state index contributed by atoms with van der Waals surface area (Å²) in [4.78, 5) is 0. The molecule has 0 amide bonds. The molecule has 0 radical (unpaired) electrons. The van der Waals surface area contributed by atoms with Crippen LogP contribution in [0.2, 0.25) is 0 Å². The van der Waals surface area contributed by atoms with Crippen LogP contribution in [0.1, 0.15) is 57.8 Å². The zero-order valence-electron chi connectivity index (χ0n) is 9.80. The van der Waals surface area contributed by atoms with Gasteiger partial charge in [-0.2, -0.15) is 0 Å². The second kappa shape index (κ2) is 4.99. The van der Waals surface area contributed by atoms with Crippen LogP contribution in [0.3, 0.4) is 0 Å². The Morgan fingerprint density at radius 3 is 1.81 bits per heavy atom. The summed E-state index contributed by atoms with van der Waals surface area (Å²) in [6.07, 6.45) is 6.26. The van der Waals surface area contributed by atoms with Crippen LogP contribution in [0.15, 0.2) is 0 Å². The lowest BCUT2D eigenvalue weighted by Gasteiger charge is -2.38. The smallest absolute Gasteiger partial charge is 0.253 e. The molecule has 0 saturated heterocycles. The van der Waals surface area contributed by atoms with Gasteiger partial charge in [-0.3, -0.25) is 0 Å². The number of hydrogen-bond acceptors (Lipinski definition) is 1. The molecule has 0 unspecified atom stereocenters. The highest BCUT2D eigenvalue weighted by Crippen LogP contribution is 2.46. The summed E-state index contributed by atoms with van der Waals surface area (Å²) in [7, 11) is 0. The Morgan fingerprint density at radius 1 is 0.750 bits per heavy atom. The number of alkyl halides is 2. The second-order valence-corrected chi connectivity index (χ2v) is 5.51. The summed E-state index contributed by atoms with van der Waals surface area (Å²) < 4.78 is 28.5. The lowest BCUT2D eigenvalue weighted by molar-refractivity contribution is -0.134. The molecule has 0 bridgehead atoms. The summed E-state index contributed by atoms with van der Waals surface area (Å²) in [6, 6.07) is 0. The van der Waals surface area contributed by atoms with Gasteiger partial charge in [-0.15, -0.1) is 0 Å². The zero-order valence-corrected chi connectivity index (χ0v) is 9.80. The predicted molar refractivity (Wildman–Crippen MR) is 59.5 cm³/mol. The Balaban J connectivity index is 1.94. The van der Waals surface area contributed by atoms with Crippen molar-refractivity contribution in [2.75, 3.05) is 0 Å². The first-order valence-corrected chi connectivity index (χ1v) is 6.66. The molecule has 2 aliphatic carbocycles. The molecule has 16 heavy (non-hydrogen) atoms. The van der Waals surface area contributed by atoms with E-state index in [2.05, 4.69) is 0 Å². The van der Waals surface area contributed by atoms with Crippen molar-refractivity contribution in [2.24, 2.45) is 11.8 Å². The molecule has 0 aromatic heterocycles. The summed E-state index contributed by atoms with van der Waals surface area (Å²) in [5.41, 5.74) is 0. The van der Waals surface area contributed by atoms with Gasteiger partial charge in [0.25, 0.3) is 5.92 Å². The van der Waals surface area contributed by atoms with Crippen molar-refractivity contribution in [2.45, 2.75) is 69.8 Å². The van der Waals surface area contributed by atoms with Crippen molar-refractivity contribution in [3.63, 3.8) is 0 Å². The first kappa shape index (κ1) is 12.3. The number of aliphatic hydroxyl groups excluding tert-OH is 1. The SMILES string of the molecule is OC1CCC(C(F)(F)C2CCCCC2)CC1. The molecule has 2 fully saturated rings. The van der Waals surface area contributed by atoms with E-state index in [4.69, 9.17) is 0 Å². The summed E-state index contributed by atoms with van der Waals surface area (Å²) in [5, 5.41) is 9.36. The monoisotopic (exact) mass is 232 g/mol. The van der Waals surface area contributed by atoms with Gasteiger partial charge in [-0.05, 0) is 38.5 Å². The van der Waals surface area contributed by atoms with Crippen LogP contribution in [0.25, 0.3) is 0 Å². The van der Waals surface area contributed by atoms with E-state index in [-0.39, 0.29) is 12.0 Å². The van der Waals surface area contributed by atoms with E-state index in [0.717, 1.165) is 19.3 Å². The van der Waals surface area contributed by atoms with Gasteiger partial charge in [0.15, 0.2) is 0 Å². The normalized spacial score (nSPS) is 33.9. The fourth-order valence-corrected chi connectivity index (χ4v) is 3.28. The maximum absolute atomic E-state index is 14.2. The molecule has 0 aliphatic heterocycles. The number of hydrogen-bond donors (Lipinski definition) is 1. The Labute approximate surface area is 96.2 Å². The third-order valence-electron chi connectivity index (χ3n) is 4.39. The Bertz CT molecular complexity index is 216. The Hall–Kier alpha value is -0.180. The minimum Gasteiger partial charge on any atom is -0.393 e. The molecule has 2 rings (SSSR count). The second-order valence-electron chi connectivity index (χ2n) is 5.51. The molecule has 0 aromatic carbocycles. The van der Waals surface area contributed by atoms with Gasteiger partial charge in [-0.1, -0.05) is 19.3 Å². The van der Waals surface area contributed by atoms with Gasteiger partial charge in [0.1, 0.15) is 0 Å². The van der Waals surface area contributed by atoms with Gasteiger partial charge >= 0.3 is 0 Å². The van der Waals surface area contributed by atoms with Gasteiger partial charge in [0.2, 0.25) is 0 Å². The highest BCUT2D eigenvalue weighted by Gasteiger charge is 2.47. The number of halogens is 2. The minimum atomic E-state index is -2.49. The van der Waals surface area contributed by atoms with Crippen LogP contribution in [-0.2, 0) is 0 Å². The van der Waals surface area contributed by atoms with Gasteiger partial charge in [0, 0.05) is 11.8 Å². The molecular formula is C13H22F2O. The van der Waals surface area contributed by atoms with E-state index in [1.807, 2.05) is 0 Å². The van der Waals surface area contributed by atoms with Gasteiger partial charge < -0.3 is 5.11 Å². The molecule has 0 atom stereocenters. The molecule has 1 nitrogen and oxygen atoms in total. The predicted octanol–water partition coefficient (Wildman–Crippen LogP) is 3.75. The quantitative estimate of drug-likeness (QED) is 0.768. The summed E-state index contributed by atoms with van der Waals surface area (Å²) in [6.45, 7) is 0. The molecule has 2 saturated carbocycles. The standard InChI is InChI=1S/C13H22F2O/c14-13(15,10-4-2-1-3-5-10)11-6-8-12(16)9-7-11/h10-12,16H,1-9H2. The van der Waals surface area contributed by atoms with Crippen molar-refractivity contribution in [1.29, 1.82) is 0 Å². The third-order valence-corrected chi connectivity index (χ3v) is 4.39. The van der Waals surface area contributed by atoms with E-state index in [1.165, 1.54) is 0 Å². The molecule has 0 spiro atoms. The van der Waals surface area contributed by atoms with Crippen LogP contribution in [0.4, 0.5) is 8.78 Å². The maximum Gasteiger partial charge on any atom is 0.253 e. The average molecular weight is 232 g/mol. The molecule has 0 aromatic rings. The van der Waals surface area contributed by atoms with Crippen molar-refractivity contribution in [3.8, 4) is 0 Å². The van der Waals surface area contributed by atoms with Crippen molar-refractivity contribution < 1.29 is 13.9 Å². The van der Waals surface area contributed by atoms with Gasteiger partial charge in [0.05, 0.1) is 6.10 Å². The van der Waals surface area contributed by atoms with Crippen LogP contribution in [0.5, 0.6) is 0 Å². The highest BCUT2D eigenvalue weighted by molar-refractivity contribution is 4.88. The molecule has 94 valence electrons. The van der Waals surface area contributed by atoms with E-state index in [0.29, 0.717) is 38.5 Å². The van der Waals surface area contributed by atoms with Crippen LogP contribution in [-0.4, -0.2) is 17.1 Å². The number of aliphatic hydroxyl groups is 1. The minimum absolute atomic E-state index is 0.335. The van der Waals surface area contributed by atoms with Crippen LogP contribution in [0, 0.1) is 11.8 Å². The Kier molecular flexibility index (Phi) is 3.83. The Morgan fingerprint density at radius 2 is 1.25 bits per heavy atom. The van der Waals surface area contributed by atoms with E-state index >= 15 is 0 Å². The van der Waals surface area contributed by atoms with E-state index in [9.17, 15) is 13.9 Å². The van der Waals surface area contributed by atoms with Crippen LogP contribution < -0.4 is 0 Å². The molecule has 0 heterocycles. The lowest BCUT2D eigenvalue weighted by atomic mass is 9.74. The highest BCUT2D eigenvalue weighted by atomic mass is 19.3. The van der Waals surface area contributed by atoms with E-state index in [1.54, 1.807) is 0 Å². The summed E-state index contributed by atoms with van der Waals surface area (Å²) >= 11 is 0. The first-order chi connectivity index (χ1) is 7.60. The zero-order chi connectivity index (χ0) is 11.6. The molecule has 3 heteroatoms. The lowest BCUT2D eigenvalue weighted by Crippen LogP contribution is -2.40. The third kappa shape index (κ3) is 2.55. The average Bonchev–Trinajstić information content (AvgIpc) is 2.31. The molecule has 2 aliphatic rings. The van der Waals surface area contributed by atoms with Gasteiger partial charge in [-0.25, -0.2) is 8.78 Å². The number of rotatable bonds is 2. The maximum atomic E-state index is 14.2. The van der Waals surface area contributed by atoms with Crippen LogP contribution >= 0.6 is 0 Å². The van der Waals surface area contributed by atoms with E-state index < -0.39 is 11.8 Å². The van der Waals surface area contributed by atoms with Crippen molar-refractivity contribution >= 4 is 0 Å². The molecular weight excluding hydrogens is 210 g/mol. The van der Waals surface area contributed by atoms with Crippen molar-refractivity contribution in [1.82, 2.24) is 0 Å². The fourth-order valence-electron chi connectivity index (χ4n) is 3.28. The summed E-state index contributed by atoms with van der Waals surface area (Å²) in [5.74, 6) is -3.35. The largest absolute Gasteiger partial charge is 0.393 e. The van der Waals surface area contributed by atoms with Crippen molar-refractivity contribution in [3.05, 3.63) is 0 Å². The topological polar surface area (TPSA) is 20.2 Å². The fraction of sp³-hybridized carbons (Fsp3) is 1.00. The first-order valence-electron chi connectivity index (χ1n) is 6.66. The molecule has 1 N–H and O–H groups in total.